The van der Waals surface area contributed by atoms with E-state index in [1.54, 1.807) is 6.20 Å². The first-order valence-electron chi connectivity index (χ1n) is 8.55. The molecule has 0 bridgehead atoms. The average molecular weight is 329 g/mol. The minimum Gasteiger partial charge on any atom is -0.377 e. The van der Waals surface area contributed by atoms with E-state index in [1.807, 2.05) is 12.1 Å². The van der Waals surface area contributed by atoms with Gasteiger partial charge in [0.2, 0.25) is 5.95 Å². The van der Waals surface area contributed by atoms with Crippen LogP contribution in [0, 0.1) is 0 Å². The van der Waals surface area contributed by atoms with Crippen molar-refractivity contribution in [2.45, 2.75) is 25.9 Å². The Balaban J connectivity index is 1.81. The summed E-state index contributed by atoms with van der Waals surface area (Å²) in [6.45, 7) is 8.79. The molecule has 2 saturated heterocycles. The van der Waals surface area contributed by atoms with E-state index in [9.17, 15) is 0 Å². The molecular formula is C17H23N5O2. The fourth-order valence-corrected chi connectivity index (χ4v) is 3.35. The van der Waals surface area contributed by atoms with Gasteiger partial charge in [-0.2, -0.15) is 9.97 Å². The van der Waals surface area contributed by atoms with Gasteiger partial charge in [-0.05, 0) is 26.0 Å². The van der Waals surface area contributed by atoms with Gasteiger partial charge in [-0.1, -0.05) is 0 Å². The first-order chi connectivity index (χ1) is 11.7. The van der Waals surface area contributed by atoms with Gasteiger partial charge in [-0.3, -0.25) is 0 Å². The van der Waals surface area contributed by atoms with E-state index in [-0.39, 0.29) is 12.1 Å². The number of aromatic nitrogens is 3. The lowest BCUT2D eigenvalue weighted by atomic mass is 10.2. The molecule has 2 aliphatic rings. The summed E-state index contributed by atoms with van der Waals surface area (Å²) in [4.78, 5) is 18.7. The number of morpholine rings is 2. The number of rotatable bonds is 2. The molecule has 2 fully saturated rings. The Morgan fingerprint density at radius 1 is 1.00 bits per heavy atom. The lowest BCUT2D eigenvalue weighted by molar-refractivity contribution is 0.0973. The second-order valence-electron chi connectivity index (χ2n) is 6.46. The fraction of sp³-hybridized carbons (Fsp3) is 0.588. The van der Waals surface area contributed by atoms with Crippen molar-refractivity contribution in [3.63, 3.8) is 0 Å². The molecule has 4 rings (SSSR count). The highest BCUT2D eigenvalue weighted by Gasteiger charge is 2.27. The topological polar surface area (TPSA) is 63.6 Å². The molecule has 0 saturated carbocycles. The summed E-state index contributed by atoms with van der Waals surface area (Å²) in [6.07, 6.45) is 1.79. The monoisotopic (exact) mass is 329 g/mol. The molecule has 0 aromatic carbocycles. The molecule has 0 spiro atoms. The Morgan fingerprint density at radius 3 is 2.42 bits per heavy atom. The van der Waals surface area contributed by atoms with Crippen LogP contribution < -0.4 is 9.80 Å². The second-order valence-corrected chi connectivity index (χ2v) is 6.46. The molecule has 24 heavy (non-hydrogen) atoms. The number of ether oxygens (including phenoxy) is 2. The van der Waals surface area contributed by atoms with Crippen LogP contribution in [0.3, 0.4) is 0 Å². The predicted octanol–water partition coefficient (Wildman–Crippen LogP) is 1.47. The number of anilines is 2. The first kappa shape index (κ1) is 15.5. The largest absolute Gasteiger partial charge is 0.377 e. The molecule has 4 heterocycles. The molecule has 2 aromatic heterocycles. The van der Waals surface area contributed by atoms with E-state index in [4.69, 9.17) is 19.4 Å². The van der Waals surface area contributed by atoms with E-state index in [0.29, 0.717) is 13.2 Å². The molecule has 2 aliphatic heterocycles. The van der Waals surface area contributed by atoms with Crippen molar-refractivity contribution in [2.24, 2.45) is 0 Å². The van der Waals surface area contributed by atoms with Crippen LogP contribution in [0.25, 0.3) is 11.0 Å². The molecule has 0 radical (unpaired) electrons. The summed E-state index contributed by atoms with van der Waals surface area (Å²) >= 11 is 0. The van der Waals surface area contributed by atoms with Gasteiger partial charge in [0.1, 0.15) is 5.82 Å². The van der Waals surface area contributed by atoms with Crippen LogP contribution >= 0.6 is 0 Å². The highest BCUT2D eigenvalue weighted by molar-refractivity contribution is 5.88. The molecule has 0 unspecified atom stereocenters. The number of pyridine rings is 1. The van der Waals surface area contributed by atoms with Gasteiger partial charge in [0.05, 0.1) is 43.9 Å². The number of nitrogens with zero attached hydrogens (tertiary/aromatic N) is 5. The lowest BCUT2D eigenvalue weighted by Gasteiger charge is -2.37. The van der Waals surface area contributed by atoms with Gasteiger partial charge in [0, 0.05) is 19.3 Å². The van der Waals surface area contributed by atoms with E-state index in [2.05, 4.69) is 28.6 Å². The Morgan fingerprint density at radius 2 is 1.71 bits per heavy atom. The predicted molar refractivity (Wildman–Crippen MR) is 92.6 cm³/mol. The van der Waals surface area contributed by atoms with Crippen molar-refractivity contribution >= 4 is 22.8 Å². The normalized spacial score (nSPS) is 25.2. The number of fused-ring (bicyclic) bond motifs is 1. The fourth-order valence-electron chi connectivity index (χ4n) is 3.35. The van der Waals surface area contributed by atoms with Crippen LogP contribution in [0.4, 0.5) is 11.8 Å². The molecule has 2 atom stereocenters. The summed E-state index contributed by atoms with van der Waals surface area (Å²) in [5.74, 6) is 1.70. The van der Waals surface area contributed by atoms with Crippen LogP contribution in [0.2, 0.25) is 0 Å². The molecule has 7 nitrogen and oxygen atoms in total. The Labute approximate surface area is 141 Å². The minimum absolute atomic E-state index is 0.259. The van der Waals surface area contributed by atoms with Gasteiger partial charge in [0.25, 0.3) is 0 Å². The maximum Gasteiger partial charge on any atom is 0.229 e. The second kappa shape index (κ2) is 6.49. The minimum atomic E-state index is 0.259. The van der Waals surface area contributed by atoms with Crippen LogP contribution in [0.5, 0.6) is 0 Å². The van der Waals surface area contributed by atoms with Gasteiger partial charge in [-0.25, -0.2) is 4.98 Å². The average Bonchev–Trinajstić information content (AvgIpc) is 2.62. The zero-order chi connectivity index (χ0) is 16.5. The van der Waals surface area contributed by atoms with E-state index in [0.717, 1.165) is 49.1 Å². The number of hydrogen-bond acceptors (Lipinski definition) is 7. The van der Waals surface area contributed by atoms with Gasteiger partial charge >= 0.3 is 0 Å². The van der Waals surface area contributed by atoms with Gasteiger partial charge in [0.15, 0.2) is 5.65 Å². The van der Waals surface area contributed by atoms with Crippen LogP contribution in [-0.2, 0) is 9.47 Å². The van der Waals surface area contributed by atoms with Crippen molar-refractivity contribution in [3.8, 4) is 0 Å². The van der Waals surface area contributed by atoms with E-state index < -0.39 is 0 Å². The van der Waals surface area contributed by atoms with Crippen molar-refractivity contribution in [3.05, 3.63) is 18.3 Å². The van der Waals surface area contributed by atoms with E-state index in [1.165, 1.54) is 0 Å². The quantitative estimate of drug-likeness (QED) is 0.827. The summed E-state index contributed by atoms with van der Waals surface area (Å²) in [6, 6.07) is 4.53. The Kier molecular flexibility index (Phi) is 4.20. The molecule has 7 heteroatoms. The maximum atomic E-state index is 5.58. The van der Waals surface area contributed by atoms with Crippen molar-refractivity contribution < 1.29 is 9.47 Å². The standard InChI is InChI=1S/C17H23N5O2/c1-12-10-23-8-6-21(12)16-14-4-3-5-18-15(14)19-17(20-16)22-7-9-24-11-13(22)2/h3-5,12-13H,6-11H2,1-2H3/t12-,13-/m0/s1. The lowest BCUT2D eigenvalue weighted by Crippen LogP contribution is -2.46. The summed E-state index contributed by atoms with van der Waals surface area (Å²) < 4.78 is 11.1. The van der Waals surface area contributed by atoms with Crippen molar-refractivity contribution in [1.82, 2.24) is 15.0 Å². The summed E-state index contributed by atoms with van der Waals surface area (Å²) in [7, 11) is 0. The highest BCUT2D eigenvalue weighted by atomic mass is 16.5. The summed E-state index contributed by atoms with van der Waals surface area (Å²) in [5.41, 5.74) is 0.745. The smallest absolute Gasteiger partial charge is 0.229 e. The SMILES string of the molecule is C[C@H]1COCCN1c1nc(N2CCOC[C@@H]2C)c2cccnc2n1. The molecule has 0 N–H and O–H groups in total. The Hall–Kier alpha value is -1.99. The third-order valence-corrected chi connectivity index (χ3v) is 4.70. The molecule has 2 aromatic rings. The molecular weight excluding hydrogens is 306 g/mol. The van der Waals surface area contributed by atoms with Gasteiger partial charge in [-0.15, -0.1) is 0 Å². The first-order valence-corrected chi connectivity index (χ1v) is 8.55. The third-order valence-electron chi connectivity index (χ3n) is 4.70. The molecule has 0 amide bonds. The number of hydrogen-bond donors (Lipinski definition) is 0. The van der Waals surface area contributed by atoms with Crippen molar-refractivity contribution in [2.75, 3.05) is 49.3 Å². The summed E-state index contributed by atoms with van der Waals surface area (Å²) in [5, 5.41) is 0.996. The zero-order valence-electron chi connectivity index (χ0n) is 14.2. The highest BCUT2D eigenvalue weighted by Crippen LogP contribution is 2.29. The molecule has 128 valence electrons. The van der Waals surface area contributed by atoms with Crippen LogP contribution in [0.15, 0.2) is 18.3 Å². The van der Waals surface area contributed by atoms with Crippen LogP contribution in [0.1, 0.15) is 13.8 Å². The van der Waals surface area contributed by atoms with Crippen molar-refractivity contribution in [1.29, 1.82) is 0 Å². The van der Waals surface area contributed by atoms with E-state index >= 15 is 0 Å². The van der Waals surface area contributed by atoms with Gasteiger partial charge < -0.3 is 19.3 Å². The maximum absolute atomic E-state index is 5.58. The zero-order valence-corrected chi connectivity index (χ0v) is 14.2. The Bertz CT molecular complexity index is 725. The molecule has 0 aliphatic carbocycles. The van der Waals surface area contributed by atoms with Crippen LogP contribution in [-0.4, -0.2) is 66.6 Å². The third kappa shape index (κ3) is 2.78.